The molecule has 2 rings (SSSR count). The minimum absolute atomic E-state index is 0.285. The van der Waals surface area contributed by atoms with Gasteiger partial charge in [-0.25, -0.2) is 12.7 Å². The Kier molecular flexibility index (Phi) is 5.47. The summed E-state index contributed by atoms with van der Waals surface area (Å²) in [6.07, 6.45) is 1.28. The number of benzene rings is 1. The van der Waals surface area contributed by atoms with Crippen molar-refractivity contribution in [2.75, 3.05) is 39.5 Å². The molecule has 0 radical (unpaired) electrons. The third-order valence-electron chi connectivity index (χ3n) is 4.42. The van der Waals surface area contributed by atoms with Gasteiger partial charge in [0.1, 0.15) is 5.75 Å². The summed E-state index contributed by atoms with van der Waals surface area (Å²) in [5.74, 6) is 1.29. The van der Waals surface area contributed by atoms with Gasteiger partial charge >= 0.3 is 0 Å². The molecular weight excluding hydrogens is 300 g/mol. The van der Waals surface area contributed by atoms with Gasteiger partial charge in [-0.2, -0.15) is 0 Å². The number of hydrogen-bond donors (Lipinski definition) is 0. The normalized spacial score (nSPS) is 18.2. The fraction of sp³-hybridized carbons (Fsp3) is 0.625. The Hall–Kier alpha value is -1.11. The lowest BCUT2D eigenvalue weighted by atomic mass is 10.00. The minimum atomic E-state index is -3.02. The van der Waals surface area contributed by atoms with Crippen LogP contribution >= 0.6 is 0 Å². The molecule has 1 aromatic carbocycles. The van der Waals surface area contributed by atoms with Gasteiger partial charge in [-0.3, -0.25) is 4.90 Å². The van der Waals surface area contributed by atoms with Crippen molar-refractivity contribution in [3.05, 3.63) is 29.8 Å². The van der Waals surface area contributed by atoms with Gasteiger partial charge in [0.2, 0.25) is 10.0 Å². The van der Waals surface area contributed by atoms with Crippen LogP contribution in [-0.4, -0.2) is 57.2 Å². The molecule has 0 amide bonds. The van der Waals surface area contributed by atoms with E-state index in [2.05, 4.69) is 30.9 Å². The maximum absolute atomic E-state index is 11.4. The number of hydrogen-bond acceptors (Lipinski definition) is 4. The molecule has 1 aromatic rings. The standard InChI is InChI=1S/C16H26N2O3S/c1-5-17(10-14-11-18(12-14)22(4,19)20)13(2)15-7-6-8-16(9-15)21-3/h6-9,13-14H,5,10-12H2,1-4H3. The van der Waals surface area contributed by atoms with Crippen molar-refractivity contribution in [1.29, 1.82) is 0 Å². The van der Waals surface area contributed by atoms with Crippen molar-refractivity contribution >= 4 is 10.0 Å². The van der Waals surface area contributed by atoms with Gasteiger partial charge in [-0.1, -0.05) is 19.1 Å². The lowest BCUT2D eigenvalue weighted by molar-refractivity contribution is 0.113. The largest absolute Gasteiger partial charge is 0.497 e. The van der Waals surface area contributed by atoms with Gasteiger partial charge in [0.15, 0.2) is 0 Å². The van der Waals surface area contributed by atoms with Crippen molar-refractivity contribution in [3.8, 4) is 5.75 Å². The van der Waals surface area contributed by atoms with E-state index >= 15 is 0 Å². The molecule has 0 aliphatic carbocycles. The molecule has 0 aromatic heterocycles. The van der Waals surface area contributed by atoms with Crippen molar-refractivity contribution in [1.82, 2.24) is 9.21 Å². The third kappa shape index (κ3) is 4.00. The average molecular weight is 326 g/mol. The van der Waals surface area contributed by atoms with Crippen LogP contribution in [0.4, 0.5) is 0 Å². The molecule has 1 aliphatic heterocycles. The molecule has 1 atom stereocenters. The Morgan fingerprint density at radius 3 is 2.64 bits per heavy atom. The van der Waals surface area contributed by atoms with Gasteiger partial charge in [-0.15, -0.1) is 0 Å². The topological polar surface area (TPSA) is 49.9 Å². The van der Waals surface area contributed by atoms with Crippen LogP contribution in [0.1, 0.15) is 25.5 Å². The average Bonchev–Trinajstić information content (AvgIpc) is 2.44. The van der Waals surface area contributed by atoms with E-state index in [4.69, 9.17) is 4.74 Å². The van der Waals surface area contributed by atoms with Crippen molar-refractivity contribution < 1.29 is 13.2 Å². The highest BCUT2D eigenvalue weighted by molar-refractivity contribution is 7.88. The highest BCUT2D eigenvalue weighted by atomic mass is 32.2. The van der Waals surface area contributed by atoms with Crippen LogP contribution in [0.2, 0.25) is 0 Å². The van der Waals surface area contributed by atoms with Crippen LogP contribution in [0.25, 0.3) is 0 Å². The minimum Gasteiger partial charge on any atom is -0.497 e. The molecule has 22 heavy (non-hydrogen) atoms. The molecule has 5 nitrogen and oxygen atoms in total. The molecule has 6 heteroatoms. The predicted molar refractivity (Wildman–Crippen MR) is 88.6 cm³/mol. The lowest BCUT2D eigenvalue weighted by Crippen LogP contribution is -2.53. The Labute approximate surface area is 133 Å². The van der Waals surface area contributed by atoms with E-state index in [-0.39, 0.29) is 6.04 Å². The van der Waals surface area contributed by atoms with Crippen LogP contribution in [0.3, 0.4) is 0 Å². The second kappa shape index (κ2) is 6.98. The first-order chi connectivity index (χ1) is 10.3. The van der Waals surface area contributed by atoms with Gasteiger partial charge in [-0.05, 0) is 37.1 Å². The van der Waals surface area contributed by atoms with Gasteiger partial charge < -0.3 is 4.74 Å². The Morgan fingerprint density at radius 2 is 2.09 bits per heavy atom. The Morgan fingerprint density at radius 1 is 1.41 bits per heavy atom. The quantitative estimate of drug-likeness (QED) is 0.769. The molecule has 124 valence electrons. The molecular formula is C16H26N2O3S. The zero-order valence-electron chi connectivity index (χ0n) is 13.8. The van der Waals surface area contributed by atoms with Gasteiger partial charge in [0, 0.05) is 25.7 Å². The van der Waals surface area contributed by atoms with Crippen LogP contribution < -0.4 is 4.74 Å². The first kappa shape index (κ1) is 17.2. The summed E-state index contributed by atoms with van der Waals surface area (Å²) in [4.78, 5) is 2.39. The van der Waals surface area contributed by atoms with Crippen molar-refractivity contribution in [3.63, 3.8) is 0 Å². The number of sulfonamides is 1. The van der Waals surface area contributed by atoms with Crippen LogP contribution in [0.5, 0.6) is 5.75 Å². The number of methoxy groups -OCH3 is 1. The van der Waals surface area contributed by atoms with Crippen molar-refractivity contribution in [2.24, 2.45) is 5.92 Å². The van der Waals surface area contributed by atoms with Crippen LogP contribution in [0, 0.1) is 5.92 Å². The molecule has 1 aliphatic rings. The summed E-state index contributed by atoms with van der Waals surface area (Å²) in [5, 5.41) is 0. The van der Waals surface area contributed by atoms with E-state index < -0.39 is 10.0 Å². The zero-order chi connectivity index (χ0) is 16.3. The van der Waals surface area contributed by atoms with E-state index in [1.807, 2.05) is 12.1 Å². The van der Waals surface area contributed by atoms with Crippen LogP contribution in [-0.2, 0) is 10.0 Å². The summed E-state index contributed by atoms with van der Waals surface area (Å²) >= 11 is 0. The maximum atomic E-state index is 11.4. The summed E-state index contributed by atoms with van der Waals surface area (Å²) < 4.78 is 29.7. The molecule has 0 spiro atoms. The second-order valence-corrected chi connectivity index (χ2v) is 7.97. The lowest BCUT2D eigenvalue weighted by Gasteiger charge is -2.41. The van der Waals surface area contributed by atoms with E-state index in [1.165, 1.54) is 11.8 Å². The van der Waals surface area contributed by atoms with E-state index in [0.29, 0.717) is 19.0 Å². The fourth-order valence-electron chi connectivity index (χ4n) is 2.91. The molecule has 1 heterocycles. The zero-order valence-corrected chi connectivity index (χ0v) is 14.6. The molecule has 0 bridgehead atoms. The Balaban J connectivity index is 1.97. The SMILES string of the molecule is CCN(CC1CN(S(C)(=O)=O)C1)C(C)c1cccc(OC)c1. The van der Waals surface area contributed by atoms with E-state index in [9.17, 15) is 8.42 Å². The maximum Gasteiger partial charge on any atom is 0.211 e. The first-order valence-electron chi connectivity index (χ1n) is 7.68. The smallest absolute Gasteiger partial charge is 0.211 e. The predicted octanol–water partition coefficient (Wildman–Crippen LogP) is 1.97. The molecule has 0 N–H and O–H groups in total. The molecule has 0 saturated carbocycles. The summed E-state index contributed by atoms with van der Waals surface area (Å²) in [6, 6.07) is 8.42. The monoisotopic (exact) mass is 326 g/mol. The van der Waals surface area contributed by atoms with Crippen molar-refractivity contribution in [2.45, 2.75) is 19.9 Å². The highest BCUT2D eigenvalue weighted by Crippen LogP contribution is 2.27. The first-order valence-corrected chi connectivity index (χ1v) is 9.53. The van der Waals surface area contributed by atoms with E-state index in [0.717, 1.165) is 18.8 Å². The number of nitrogens with zero attached hydrogens (tertiary/aromatic N) is 2. The third-order valence-corrected chi connectivity index (χ3v) is 5.65. The molecule has 1 unspecified atom stereocenters. The van der Waals surface area contributed by atoms with Gasteiger partial charge in [0.05, 0.1) is 13.4 Å². The van der Waals surface area contributed by atoms with Gasteiger partial charge in [0.25, 0.3) is 0 Å². The number of rotatable bonds is 7. The highest BCUT2D eigenvalue weighted by Gasteiger charge is 2.34. The van der Waals surface area contributed by atoms with E-state index in [1.54, 1.807) is 11.4 Å². The second-order valence-electron chi connectivity index (χ2n) is 5.99. The number of ether oxygens (including phenoxy) is 1. The Bertz CT molecular complexity index is 597. The summed E-state index contributed by atoms with van der Waals surface area (Å²) in [5.41, 5.74) is 1.22. The molecule has 1 fully saturated rings. The summed E-state index contributed by atoms with van der Waals surface area (Å²) in [6.45, 7) is 7.46. The fourth-order valence-corrected chi connectivity index (χ4v) is 3.88. The molecule has 1 saturated heterocycles. The summed E-state index contributed by atoms with van der Waals surface area (Å²) in [7, 11) is -1.35. The van der Waals surface area contributed by atoms with Crippen LogP contribution in [0.15, 0.2) is 24.3 Å².